The van der Waals surface area contributed by atoms with Crippen molar-refractivity contribution >= 4 is 5.97 Å². The molecule has 2 N–H and O–H groups in total. The van der Waals surface area contributed by atoms with Crippen LogP contribution in [0.4, 0.5) is 0 Å². The standard InChI is InChI=1S/C23H40O4/c1-3-4-5-6-7-10-14-21-16-13-17-22(21)15-11-8-9-12-18-23(25,26)19-27-20(2)24/h8,10-11,14,21-22,25-26H,3-7,9,12-13,15-19H2,1-2H3/b11-8-,14-10+/t21-,22-/m0/s1. The van der Waals surface area contributed by atoms with Gasteiger partial charge >= 0.3 is 5.97 Å². The molecule has 0 aromatic carbocycles. The van der Waals surface area contributed by atoms with E-state index in [9.17, 15) is 15.0 Å². The summed E-state index contributed by atoms with van der Waals surface area (Å²) in [5, 5.41) is 19.4. The molecule has 0 spiro atoms. The second kappa shape index (κ2) is 14.0. The summed E-state index contributed by atoms with van der Waals surface area (Å²) in [6.07, 6.45) is 22.5. The molecule has 27 heavy (non-hydrogen) atoms. The lowest BCUT2D eigenvalue weighted by Gasteiger charge is -2.20. The van der Waals surface area contributed by atoms with E-state index in [4.69, 9.17) is 0 Å². The van der Waals surface area contributed by atoms with E-state index in [1.165, 1.54) is 58.3 Å². The molecule has 0 bridgehead atoms. The van der Waals surface area contributed by atoms with Crippen LogP contribution in [0.25, 0.3) is 0 Å². The molecule has 0 aromatic heterocycles. The first-order valence-electron chi connectivity index (χ1n) is 10.8. The lowest BCUT2D eigenvalue weighted by molar-refractivity contribution is -0.204. The first-order valence-corrected chi connectivity index (χ1v) is 10.8. The summed E-state index contributed by atoms with van der Waals surface area (Å²) in [7, 11) is 0. The zero-order valence-electron chi connectivity index (χ0n) is 17.4. The van der Waals surface area contributed by atoms with Gasteiger partial charge < -0.3 is 14.9 Å². The second-order valence-corrected chi connectivity index (χ2v) is 7.99. The van der Waals surface area contributed by atoms with Crippen molar-refractivity contribution < 1.29 is 19.7 Å². The normalized spacial score (nSPS) is 20.7. The summed E-state index contributed by atoms with van der Waals surface area (Å²) in [5.74, 6) is -0.930. The number of hydrogen-bond acceptors (Lipinski definition) is 4. The van der Waals surface area contributed by atoms with Gasteiger partial charge in [-0.3, -0.25) is 4.79 Å². The van der Waals surface area contributed by atoms with Gasteiger partial charge in [-0.1, -0.05) is 56.9 Å². The molecular formula is C23H40O4. The average molecular weight is 381 g/mol. The molecule has 0 radical (unpaired) electrons. The maximum Gasteiger partial charge on any atom is 0.302 e. The van der Waals surface area contributed by atoms with Crippen molar-refractivity contribution in [2.24, 2.45) is 11.8 Å². The van der Waals surface area contributed by atoms with E-state index in [1.54, 1.807) is 0 Å². The van der Waals surface area contributed by atoms with Gasteiger partial charge in [0.15, 0.2) is 5.79 Å². The third kappa shape index (κ3) is 12.0. The van der Waals surface area contributed by atoms with Crippen molar-refractivity contribution in [3.05, 3.63) is 24.3 Å². The molecule has 1 rings (SSSR count). The molecular weight excluding hydrogens is 340 g/mol. The molecule has 4 nitrogen and oxygen atoms in total. The number of esters is 1. The van der Waals surface area contributed by atoms with Crippen molar-refractivity contribution in [1.29, 1.82) is 0 Å². The number of allylic oxidation sites excluding steroid dienone is 4. The first-order chi connectivity index (χ1) is 12.9. The Kier molecular flexibility index (Phi) is 12.4. The van der Waals surface area contributed by atoms with Crippen LogP contribution >= 0.6 is 0 Å². The van der Waals surface area contributed by atoms with Crippen LogP contribution in [0.15, 0.2) is 24.3 Å². The van der Waals surface area contributed by atoms with Crippen LogP contribution in [-0.4, -0.2) is 28.6 Å². The van der Waals surface area contributed by atoms with E-state index >= 15 is 0 Å². The molecule has 0 aromatic rings. The van der Waals surface area contributed by atoms with E-state index in [-0.39, 0.29) is 13.0 Å². The Morgan fingerprint density at radius 2 is 1.85 bits per heavy atom. The van der Waals surface area contributed by atoms with Crippen LogP contribution in [0.5, 0.6) is 0 Å². The molecule has 1 saturated carbocycles. The largest absolute Gasteiger partial charge is 0.460 e. The zero-order chi connectivity index (χ0) is 20.0. The number of carbonyl (C=O) groups is 1. The minimum atomic E-state index is -1.92. The lowest BCUT2D eigenvalue weighted by Crippen LogP contribution is -2.34. The number of aliphatic hydroxyl groups is 2. The van der Waals surface area contributed by atoms with Crippen LogP contribution in [0.2, 0.25) is 0 Å². The Balaban J connectivity index is 2.17. The topological polar surface area (TPSA) is 66.8 Å². The first kappa shape index (κ1) is 23.9. The third-order valence-corrected chi connectivity index (χ3v) is 5.39. The fraction of sp³-hybridized carbons (Fsp3) is 0.783. The van der Waals surface area contributed by atoms with Gasteiger partial charge in [-0.15, -0.1) is 0 Å². The summed E-state index contributed by atoms with van der Waals surface area (Å²) in [4.78, 5) is 10.7. The third-order valence-electron chi connectivity index (χ3n) is 5.39. The molecule has 2 atom stereocenters. The van der Waals surface area contributed by atoms with Crippen LogP contribution in [0, 0.1) is 11.8 Å². The SMILES string of the molecule is CCCCCC/C=C/[C@H]1CCC[C@@H]1C/C=C\CCCC(O)(O)COC(C)=O. The number of unbranched alkanes of at least 4 members (excludes halogenated alkanes) is 5. The minimum absolute atomic E-state index is 0.206. The van der Waals surface area contributed by atoms with E-state index in [1.807, 2.05) is 0 Å². The molecule has 0 heterocycles. The zero-order valence-corrected chi connectivity index (χ0v) is 17.4. The second-order valence-electron chi connectivity index (χ2n) is 7.99. The van der Waals surface area contributed by atoms with Crippen molar-refractivity contribution in [2.45, 2.75) is 96.7 Å². The van der Waals surface area contributed by atoms with Gasteiger partial charge in [0.1, 0.15) is 6.61 Å². The predicted molar refractivity (Wildman–Crippen MR) is 110 cm³/mol. The van der Waals surface area contributed by atoms with E-state index < -0.39 is 11.8 Å². The highest BCUT2D eigenvalue weighted by atomic mass is 16.6. The maximum absolute atomic E-state index is 10.7. The highest BCUT2D eigenvalue weighted by molar-refractivity contribution is 5.65. The summed E-state index contributed by atoms with van der Waals surface area (Å²) in [5.41, 5.74) is 0. The van der Waals surface area contributed by atoms with Gasteiger partial charge in [0.25, 0.3) is 0 Å². The Morgan fingerprint density at radius 1 is 1.07 bits per heavy atom. The molecule has 1 aliphatic rings. The van der Waals surface area contributed by atoms with E-state index in [0.717, 1.165) is 24.7 Å². The van der Waals surface area contributed by atoms with Crippen molar-refractivity contribution in [2.75, 3.05) is 6.61 Å². The quantitative estimate of drug-likeness (QED) is 0.186. The number of hydrogen-bond donors (Lipinski definition) is 2. The Hall–Kier alpha value is -1.13. The summed E-state index contributed by atoms with van der Waals surface area (Å²) in [6, 6.07) is 0. The molecule has 0 amide bonds. The molecule has 1 aliphatic carbocycles. The van der Waals surface area contributed by atoms with Crippen LogP contribution in [0.3, 0.4) is 0 Å². The minimum Gasteiger partial charge on any atom is -0.460 e. The molecule has 0 aliphatic heterocycles. The van der Waals surface area contributed by atoms with Gasteiger partial charge in [0.05, 0.1) is 0 Å². The fourth-order valence-electron chi connectivity index (χ4n) is 3.75. The summed E-state index contributed by atoms with van der Waals surface area (Å²) < 4.78 is 4.66. The number of ether oxygens (including phenoxy) is 1. The summed E-state index contributed by atoms with van der Waals surface area (Å²) in [6.45, 7) is 3.15. The monoisotopic (exact) mass is 380 g/mol. The van der Waals surface area contributed by atoms with Crippen LogP contribution < -0.4 is 0 Å². The van der Waals surface area contributed by atoms with Gasteiger partial charge in [0, 0.05) is 13.3 Å². The average Bonchev–Trinajstić information content (AvgIpc) is 3.06. The van der Waals surface area contributed by atoms with Gasteiger partial charge in [-0.05, 0) is 56.8 Å². The fourth-order valence-corrected chi connectivity index (χ4v) is 3.75. The Morgan fingerprint density at radius 3 is 2.59 bits per heavy atom. The molecule has 1 fully saturated rings. The Bertz CT molecular complexity index is 453. The molecule has 0 unspecified atom stereocenters. The summed E-state index contributed by atoms with van der Waals surface area (Å²) >= 11 is 0. The van der Waals surface area contributed by atoms with Crippen molar-refractivity contribution in [3.8, 4) is 0 Å². The van der Waals surface area contributed by atoms with Crippen LogP contribution in [0.1, 0.15) is 90.9 Å². The molecule has 0 saturated heterocycles. The van der Waals surface area contributed by atoms with Crippen LogP contribution in [-0.2, 0) is 9.53 Å². The number of carbonyl (C=O) groups excluding carboxylic acids is 1. The predicted octanol–water partition coefficient (Wildman–Crippen LogP) is 5.29. The Labute approximate surface area is 165 Å². The number of rotatable bonds is 14. The van der Waals surface area contributed by atoms with E-state index in [0.29, 0.717) is 6.42 Å². The van der Waals surface area contributed by atoms with E-state index in [2.05, 4.69) is 36.0 Å². The lowest BCUT2D eigenvalue weighted by atomic mass is 9.92. The smallest absolute Gasteiger partial charge is 0.302 e. The molecule has 4 heteroatoms. The van der Waals surface area contributed by atoms with Gasteiger partial charge in [0.2, 0.25) is 0 Å². The van der Waals surface area contributed by atoms with Crippen molar-refractivity contribution in [1.82, 2.24) is 0 Å². The highest BCUT2D eigenvalue weighted by Crippen LogP contribution is 2.35. The molecule has 156 valence electrons. The van der Waals surface area contributed by atoms with Crippen molar-refractivity contribution in [3.63, 3.8) is 0 Å². The highest BCUT2D eigenvalue weighted by Gasteiger charge is 2.24. The van der Waals surface area contributed by atoms with Gasteiger partial charge in [-0.2, -0.15) is 0 Å². The van der Waals surface area contributed by atoms with Gasteiger partial charge in [-0.25, -0.2) is 0 Å². The maximum atomic E-state index is 10.7.